The molecule has 4 rings (SSSR count). The van der Waals surface area contributed by atoms with Crippen LogP contribution in [0.5, 0.6) is 0 Å². The van der Waals surface area contributed by atoms with Gasteiger partial charge in [-0.05, 0) is 81.7 Å². The van der Waals surface area contributed by atoms with E-state index in [0.717, 1.165) is 62.3 Å². The molecule has 0 atom stereocenters. The molecule has 0 saturated carbocycles. The van der Waals surface area contributed by atoms with Gasteiger partial charge < -0.3 is 15.1 Å². The summed E-state index contributed by atoms with van der Waals surface area (Å²) in [6.07, 6.45) is 4.23. The first-order chi connectivity index (χ1) is 20.7. The Labute approximate surface area is 259 Å². The van der Waals surface area contributed by atoms with Crippen molar-refractivity contribution in [3.8, 4) is 0 Å². The van der Waals surface area contributed by atoms with Crippen molar-refractivity contribution in [3.63, 3.8) is 0 Å². The summed E-state index contributed by atoms with van der Waals surface area (Å²) in [6.45, 7) is 24.5. The molecule has 1 N–H and O–H groups in total. The summed E-state index contributed by atoms with van der Waals surface area (Å²) in [5.41, 5.74) is 6.11. The van der Waals surface area contributed by atoms with Gasteiger partial charge in [0.25, 0.3) is 0 Å². The Balaban J connectivity index is 0.000000360. The second kappa shape index (κ2) is 19.1. The topological polar surface area (TPSA) is 34.6 Å². The number of anilines is 1. The Morgan fingerprint density at radius 1 is 0.907 bits per heavy atom. The maximum atomic E-state index is 13.3. The van der Waals surface area contributed by atoms with E-state index in [1.54, 1.807) is 6.07 Å². The molecule has 7 heteroatoms. The van der Waals surface area contributed by atoms with Gasteiger partial charge in [-0.15, -0.1) is 0 Å². The fraction of sp³-hybridized carbons (Fsp3) is 0.472. The average Bonchev–Trinajstić information content (AvgIpc) is 3.01. The van der Waals surface area contributed by atoms with Crippen molar-refractivity contribution in [1.29, 1.82) is 0 Å². The smallest absolute Gasteiger partial charge is 0.159 e. The molecule has 1 fully saturated rings. The highest BCUT2D eigenvalue weighted by Gasteiger charge is 2.19. The van der Waals surface area contributed by atoms with Gasteiger partial charge in [-0.25, -0.2) is 13.8 Å². The Morgan fingerprint density at radius 2 is 1.56 bits per heavy atom. The van der Waals surface area contributed by atoms with E-state index in [4.69, 9.17) is 0 Å². The van der Waals surface area contributed by atoms with Crippen LogP contribution < -0.4 is 10.2 Å². The molecule has 1 saturated heterocycles. The summed E-state index contributed by atoms with van der Waals surface area (Å²) in [4.78, 5) is 11.8. The van der Waals surface area contributed by atoms with Gasteiger partial charge in [0.15, 0.2) is 11.6 Å². The number of benzene rings is 2. The predicted octanol–water partition coefficient (Wildman–Crippen LogP) is 7.82. The highest BCUT2D eigenvalue weighted by Crippen LogP contribution is 2.22. The van der Waals surface area contributed by atoms with Gasteiger partial charge in [-0.2, -0.15) is 0 Å². The number of hydrogen-bond donors (Lipinski definition) is 1. The molecule has 3 aromatic rings. The first kappa shape index (κ1) is 35.9. The molecule has 0 radical (unpaired) electrons. The Morgan fingerprint density at radius 3 is 2.14 bits per heavy atom. The first-order valence-electron chi connectivity index (χ1n) is 15.7. The molecule has 43 heavy (non-hydrogen) atoms. The highest BCUT2D eigenvalue weighted by atomic mass is 19.2. The third-order valence-corrected chi connectivity index (χ3v) is 7.28. The number of rotatable bonds is 11. The molecule has 1 aromatic heterocycles. The number of hydrogen-bond acceptors (Lipinski definition) is 5. The van der Waals surface area contributed by atoms with Gasteiger partial charge >= 0.3 is 0 Å². The summed E-state index contributed by atoms with van der Waals surface area (Å²) in [5, 5.41) is 3.16. The molecule has 2 heterocycles. The molecule has 1 aliphatic rings. The van der Waals surface area contributed by atoms with Crippen LogP contribution in [0.2, 0.25) is 0 Å². The van der Waals surface area contributed by atoms with E-state index in [2.05, 4.69) is 96.7 Å². The number of pyridine rings is 1. The zero-order valence-corrected chi connectivity index (χ0v) is 27.5. The lowest BCUT2D eigenvalue weighted by Gasteiger charge is -2.36. The summed E-state index contributed by atoms with van der Waals surface area (Å²) in [6, 6.07) is 14.7. The first-order valence-corrected chi connectivity index (χ1v) is 15.7. The number of aromatic nitrogens is 1. The number of nitrogens with one attached hydrogen (secondary N) is 1. The van der Waals surface area contributed by atoms with E-state index < -0.39 is 11.6 Å². The highest BCUT2D eigenvalue weighted by molar-refractivity contribution is 5.64. The van der Waals surface area contributed by atoms with Crippen LogP contribution >= 0.6 is 0 Å². The summed E-state index contributed by atoms with van der Waals surface area (Å²) in [5.74, 6) is -0.660. The number of aryl methyl sites for hydroxylation is 2. The van der Waals surface area contributed by atoms with E-state index in [9.17, 15) is 8.78 Å². The fourth-order valence-corrected chi connectivity index (χ4v) is 4.99. The zero-order valence-electron chi connectivity index (χ0n) is 27.5. The summed E-state index contributed by atoms with van der Waals surface area (Å²) < 4.78 is 26.4. The quantitative estimate of drug-likeness (QED) is 0.245. The Bertz CT molecular complexity index is 1240. The predicted molar refractivity (Wildman–Crippen MR) is 179 cm³/mol. The van der Waals surface area contributed by atoms with Crippen molar-refractivity contribution < 1.29 is 8.78 Å². The van der Waals surface area contributed by atoms with Crippen molar-refractivity contribution in [2.75, 3.05) is 51.2 Å². The molecular formula is C36H53F2N5. The monoisotopic (exact) mass is 593 g/mol. The summed E-state index contributed by atoms with van der Waals surface area (Å²) >= 11 is 0. The minimum atomic E-state index is -0.842. The largest absolute Gasteiger partial charge is 0.381 e. The van der Waals surface area contributed by atoms with E-state index in [0.29, 0.717) is 17.8 Å². The van der Waals surface area contributed by atoms with Crippen molar-refractivity contribution in [1.82, 2.24) is 20.1 Å². The molecule has 0 amide bonds. The molecule has 0 aliphatic carbocycles. The molecule has 0 unspecified atom stereocenters. The average molecular weight is 594 g/mol. The normalized spacial score (nSPS) is 13.1. The van der Waals surface area contributed by atoms with E-state index >= 15 is 0 Å². The number of halogens is 2. The Hall–Kier alpha value is -3.29. The van der Waals surface area contributed by atoms with Crippen LogP contribution in [0.25, 0.3) is 5.70 Å². The fourth-order valence-electron chi connectivity index (χ4n) is 4.99. The van der Waals surface area contributed by atoms with Crippen molar-refractivity contribution in [2.45, 2.75) is 67.5 Å². The second-order valence-corrected chi connectivity index (χ2v) is 11.0. The molecule has 5 nitrogen and oxygen atoms in total. The zero-order chi connectivity index (χ0) is 31.8. The van der Waals surface area contributed by atoms with Gasteiger partial charge in [0.05, 0.1) is 0 Å². The van der Waals surface area contributed by atoms with Crippen LogP contribution in [0.3, 0.4) is 0 Å². The standard InChI is InChI=1S/C22H28F2N4.C12H19N.C2H6/c1-4-7-27-8-10-28(11-9-27)22-16(2)12-19(15-26-22)17(3)25-14-18-5-6-20(23)21(24)13-18;1-4-9-13(3)10-12-7-5-11(2)6-8-12;1-2/h5-6,12-13,15,25H,3-4,7-11,14H2,1-2H3;5-8H,4,9-10H2,1-3H3;1-2H3. The van der Waals surface area contributed by atoms with Crippen LogP contribution in [-0.2, 0) is 13.1 Å². The van der Waals surface area contributed by atoms with Crippen LogP contribution in [0.1, 0.15) is 68.4 Å². The molecule has 236 valence electrons. The van der Waals surface area contributed by atoms with Crippen molar-refractivity contribution in [3.05, 3.63) is 101 Å². The maximum absolute atomic E-state index is 13.3. The lowest BCUT2D eigenvalue weighted by Crippen LogP contribution is -2.47. The number of piperazine rings is 1. The SMILES string of the molecule is C=C(NCc1ccc(F)c(F)c1)c1cnc(N2CCN(CCC)CC2)c(C)c1.CC.CCCN(C)Cc1ccc(C)cc1. The van der Waals surface area contributed by atoms with Gasteiger partial charge in [-0.1, -0.05) is 70.2 Å². The van der Waals surface area contributed by atoms with Crippen LogP contribution in [0.15, 0.2) is 61.3 Å². The van der Waals surface area contributed by atoms with Gasteiger partial charge in [0.2, 0.25) is 0 Å². The van der Waals surface area contributed by atoms with E-state index in [1.807, 2.05) is 20.0 Å². The van der Waals surface area contributed by atoms with Crippen LogP contribution in [0, 0.1) is 25.5 Å². The third-order valence-electron chi connectivity index (χ3n) is 7.28. The molecular weight excluding hydrogens is 540 g/mol. The molecule has 2 aromatic carbocycles. The lowest BCUT2D eigenvalue weighted by atomic mass is 10.1. The summed E-state index contributed by atoms with van der Waals surface area (Å²) in [7, 11) is 2.17. The minimum absolute atomic E-state index is 0.371. The second-order valence-electron chi connectivity index (χ2n) is 11.0. The molecule has 0 spiro atoms. The maximum Gasteiger partial charge on any atom is 0.159 e. The van der Waals surface area contributed by atoms with Crippen molar-refractivity contribution >= 4 is 11.5 Å². The van der Waals surface area contributed by atoms with Gasteiger partial charge in [0.1, 0.15) is 5.82 Å². The van der Waals surface area contributed by atoms with Crippen LogP contribution in [-0.4, -0.2) is 61.1 Å². The third kappa shape index (κ3) is 12.1. The van der Waals surface area contributed by atoms with E-state index in [-0.39, 0.29) is 0 Å². The molecule has 1 aliphatic heterocycles. The Kier molecular flexibility index (Phi) is 15.9. The van der Waals surface area contributed by atoms with Gasteiger partial charge in [0, 0.05) is 56.7 Å². The molecule has 0 bridgehead atoms. The number of nitrogens with zero attached hydrogens (tertiary/aromatic N) is 4. The van der Waals surface area contributed by atoms with Gasteiger partial charge in [-0.3, -0.25) is 4.90 Å². The van der Waals surface area contributed by atoms with Crippen LogP contribution in [0.4, 0.5) is 14.6 Å². The van der Waals surface area contributed by atoms with Crippen molar-refractivity contribution in [2.24, 2.45) is 0 Å². The van der Waals surface area contributed by atoms with E-state index in [1.165, 1.54) is 36.6 Å². The minimum Gasteiger partial charge on any atom is -0.381 e. The lowest BCUT2D eigenvalue weighted by molar-refractivity contribution is 0.258.